The lowest BCUT2D eigenvalue weighted by Gasteiger charge is -2.34. The van der Waals surface area contributed by atoms with Crippen LogP contribution in [0.1, 0.15) is 36.6 Å². The number of rotatable bonds is 8. The number of aliphatic imine (C=N–C) groups is 1. The topological polar surface area (TPSA) is 52.1 Å². The Morgan fingerprint density at radius 3 is 2.78 bits per heavy atom. The van der Waals surface area contributed by atoms with Gasteiger partial charge >= 0.3 is 0 Å². The van der Waals surface area contributed by atoms with Gasteiger partial charge in [-0.1, -0.05) is 18.9 Å². The van der Waals surface area contributed by atoms with Gasteiger partial charge in [0.1, 0.15) is 0 Å². The second-order valence-corrected chi connectivity index (χ2v) is 8.46. The van der Waals surface area contributed by atoms with Crippen LogP contribution in [0.5, 0.6) is 0 Å². The second-order valence-electron chi connectivity index (χ2n) is 7.48. The van der Waals surface area contributed by atoms with Crippen molar-refractivity contribution in [3.63, 3.8) is 0 Å². The van der Waals surface area contributed by atoms with Crippen LogP contribution in [-0.4, -0.2) is 81.8 Å². The fourth-order valence-electron chi connectivity index (χ4n) is 4.07. The van der Waals surface area contributed by atoms with Crippen molar-refractivity contribution in [1.82, 2.24) is 20.4 Å². The first-order valence-electron chi connectivity index (χ1n) is 10.3. The van der Waals surface area contributed by atoms with E-state index >= 15 is 0 Å². The Hall–Kier alpha value is -1.15. The van der Waals surface area contributed by atoms with Gasteiger partial charge in [-0.25, -0.2) is 0 Å². The lowest BCUT2D eigenvalue weighted by atomic mass is 10.2. The summed E-state index contributed by atoms with van der Waals surface area (Å²) in [7, 11) is 4.10. The van der Waals surface area contributed by atoms with Crippen LogP contribution < -0.4 is 10.6 Å². The van der Waals surface area contributed by atoms with Crippen molar-refractivity contribution in [2.75, 3.05) is 60.0 Å². The minimum atomic E-state index is 0.369. The molecule has 1 aliphatic heterocycles. The molecule has 0 amide bonds. The normalized spacial score (nSPS) is 20.9. The molecule has 27 heavy (non-hydrogen) atoms. The Labute approximate surface area is 168 Å². The van der Waals surface area contributed by atoms with Crippen molar-refractivity contribution in [1.29, 1.82) is 0 Å². The van der Waals surface area contributed by atoms with E-state index in [9.17, 15) is 0 Å². The molecule has 1 saturated heterocycles. The van der Waals surface area contributed by atoms with Crippen LogP contribution in [-0.2, 0) is 4.74 Å². The molecule has 0 aromatic carbocycles. The summed E-state index contributed by atoms with van der Waals surface area (Å²) in [6.07, 6.45) is 5.48. The molecule has 1 aliphatic carbocycles. The third-order valence-electron chi connectivity index (χ3n) is 5.75. The number of ether oxygens (including phenoxy) is 1. The predicted molar refractivity (Wildman–Crippen MR) is 114 cm³/mol. The van der Waals surface area contributed by atoms with Gasteiger partial charge in [0.25, 0.3) is 0 Å². The summed E-state index contributed by atoms with van der Waals surface area (Å²) in [5.74, 6) is 0.893. The standard InChI is InChI=1S/C20H35N5OS/c1-21-20(22-9-10-24(2)17-6-3-4-7-17)23-16-18(19-8-5-15-27-19)25-11-13-26-14-12-25/h5,8,15,17-18H,3-4,6-7,9-14,16H2,1-2H3,(H2,21,22,23). The third kappa shape index (κ3) is 6.17. The van der Waals surface area contributed by atoms with Gasteiger partial charge < -0.3 is 20.3 Å². The van der Waals surface area contributed by atoms with Crippen molar-refractivity contribution in [3.05, 3.63) is 22.4 Å². The van der Waals surface area contributed by atoms with Crippen LogP contribution >= 0.6 is 11.3 Å². The van der Waals surface area contributed by atoms with Gasteiger partial charge in [-0.3, -0.25) is 9.89 Å². The second kappa shape index (κ2) is 11.0. The van der Waals surface area contributed by atoms with Crippen molar-refractivity contribution in [2.45, 2.75) is 37.8 Å². The van der Waals surface area contributed by atoms with Crippen LogP contribution in [0, 0.1) is 0 Å². The zero-order chi connectivity index (χ0) is 18.9. The average Bonchev–Trinajstić information content (AvgIpc) is 3.41. The third-order valence-corrected chi connectivity index (χ3v) is 6.72. The lowest BCUT2D eigenvalue weighted by molar-refractivity contribution is 0.0177. The van der Waals surface area contributed by atoms with E-state index < -0.39 is 0 Å². The van der Waals surface area contributed by atoms with Gasteiger partial charge in [-0.2, -0.15) is 0 Å². The minimum Gasteiger partial charge on any atom is -0.379 e. The highest BCUT2D eigenvalue weighted by Crippen LogP contribution is 2.25. The molecular weight excluding hydrogens is 358 g/mol. The van der Waals surface area contributed by atoms with Gasteiger partial charge in [0.15, 0.2) is 5.96 Å². The molecule has 1 aromatic heterocycles. The number of morpholine rings is 1. The summed E-state index contributed by atoms with van der Waals surface area (Å²) in [4.78, 5) is 10.8. The van der Waals surface area contributed by atoms with Crippen molar-refractivity contribution < 1.29 is 4.74 Å². The monoisotopic (exact) mass is 393 g/mol. The zero-order valence-electron chi connectivity index (χ0n) is 16.8. The Balaban J connectivity index is 1.46. The molecule has 1 aromatic rings. The van der Waals surface area contributed by atoms with Gasteiger partial charge in [-0.15, -0.1) is 11.3 Å². The SMILES string of the molecule is CN=C(NCCN(C)C1CCCC1)NCC(c1cccs1)N1CCOCC1. The zero-order valence-corrected chi connectivity index (χ0v) is 17.6. The maximum atomic E-state index is 5.53. The number of nitrogens with zero attached hydrogens (tertiary/aromatic N) is 3. The summed E-state index contributed by atoms with van der Waals surface area (Å²) in [5.41, 5.74) is 0. The Bertz CT molecular complexity index is 553. The van der Waals surface area contributed by atoms with E-state index in [0.717, 1.165) is 57.9 Å². The Kier molecular flexibility index (Phi) is 8.38. The smallest absolute Gasteiger partial charge is 0.191 e. The summed E-state index contributed by atoms with van der Waals surface area (Å²) in [5, 5.41) is 9.19. The molecule has 2 N–H and O–H groups in total. The molecule has 6 nitrogen and oxygen atoms in total. The number of thiophene rings is 1. The highest BCUT2D eigenvalue weighted by Gasteiger charge is 2.24. The van der Waals surface area contributed by atoms with E-state index in [1.807, 2.05) is 18.4 Å². The molecule has 1 atom stereocenters. The maximum Gasteiger partial charge on any atom is 0.191 e. The molecule has 152 valence electrons. The molecule has 7 heteroatoms. The molecular formula is C20H35N5OS. The Morgan fingerprint density at radius 2 is 2.11 bits per heavy atom. The van der Waals surface area contributed by atoms with Gasteiger partial charge in [0.05, 0.1) is 19.3 Å². The van der Waals surface area contributed by atoms with Crippen LogP contribution in [0.4, 0.5) is 0 Å². The van der Waals surface area contributed by atoms with E-state index in [1.165, 1.54) is 30.6 Å². The van der Waals surface area contributed by atoms with Gasteiger partial charge in [-0.05, 0) is 31.3 Å². The first kappa shape index (κ1) is 20.6. The van der Waals surface area contributed by atoms with Crippen LogP contribution in [0.15, 0.2) is 22.5 Å². The molecule has 1 unspecified atom stereocenters. The largest absolute Gasteiger partial charge is 0.379 e. The fourth-order valence-corrected chi connectivity index (χ4v) is 4.93. The summed E-state index contributed by atoms with van der Waals surface area (Å²) in [6, 6.07) is 5.51. The molecule has 0 radical (unpaired) electrons. The molecule has 1 saturated carbocycles. The number of likely N-dealkylation sites (N-methyl/N-ethyl adjacent to an activating group) is 1. The number of hydrogen-bond acceptors (Lipinski definition) is 5. The number of hydrogen-bond donors (Lipinski definition) is 2. The highest BCUT2D eigenvalue weighted by atomic mass is 32.1. The van der Waals surface area contributed by atoms with Crippen molar-refractivity contribution in [2.24, 2.45) is 4.99 Å². The highest BCUT2D eigenvalue weighted by molar-refractivity contribution is 7.10. The van der Waals surface area contributed by atoms with Crippen LogP contribution in [0.3, 0.4) is 0 Å². The maximum absolute atomic E-state index is 5.53. The quantitative estimate of drug-likeness (QED) is 0.524. The molecule has 0 bridgehead atoms. The first-order chi connectivity index (χ1) is 13.3. The predicted octanol–water partition coefficient (Wildman–Crippen LogP) is 2.16. The molecule has 2 aliphatic rings. The summed E-state index contributed by atoms with van der Waals surface area (Å²) in [6.45, 7) is 6.46. The molecule has 2 fully saturated rings. The van der Waals surface area contributed by atoms with Crippen LogP contribution in [0.2, 0.25) is 0 Å². The van der Waals surface area contributed by atoms with E-state index in [-0.39, 0.29) is 0 Å². The Morgan fingerprint density at radius 1 is 1.33 bits per heavy atom. The van der Waals surface area contributed by atoms with Gasteiger partial charge in [0, 0.05) is 50.7 Å². The van der Waals surface area contributed by atoms with E-state index in [1.54, 1.807) is 0 Å². The number of guanidine groups is 1. The number of nitrogens with one attached hydrogen (secondary N) is 2. The fraction of sp³-hybridized carbons (Fsp3) is 0.750. The van der Waals surface area contributed by atoms with Crippen molar-refractivity contribution >= 4 is 17.3 Å². The van der Waals surface area contributed by atoms with Crippen LogP contribution in [0.25, 0.3) is 0 Å². The van der Waals surface area contributed by atoms with E-state index in [0.29, 0.717) is 6.04 Å². The van der Waals surface area contributed by atoms with Gasteiger partial charge in [0.2, 0.25) is 0 Å². The molecule has 2 heterocycles. The minimum absolute atomic E-state index is 0.369. The average molecular weight is 394 g/mol. The molecule has 3 rings (SSSR count). The molecule has 0 spiro atoms. The summed E-state index contributed by atoms with van der Waals surface area (Å²) < 4.78 is 5.53. The lowest BCUT2D eigenvalue weighted by Crippen LogP contribution is -2.47. The van der Waals surface area contributed by atoms with E-state index in [4.69, 9.17) is 4.74 Å². The van der Waals surface area contributed by atoms with E-state index in [2.05, 4.69) is 50.0 Å². The summed E-state index contributed by atoms with van der Waals surface area (Å²) >= 11 is 1.83. The first-order valence-corrected chi connectivity index (χ1v) is 11.2. The van der Waals surface area contributed by atoms with Crippen molar-refractivity contribution in [3.8, 4) is 0 Å².